The van der Waals surface area contributed by atoms with Crippen LogP contribution in [0.3, 0.4) is 0 Å². The molecule has 0 aromatic rings. The van der Waals surface area contributed by atoms with Crippen LogP contribution in [0.4, 0.5) is 0 Å². The third kappa shape index (κ3) is 1.61. The fourth-order valence-corrected chi connectivity index (χ4v) is 1.68. The lowest BCUT2D eigenvalue weighted by Gasteiger charge is -2.31. The summed E-state index contributed by atoms with van der Waals surface area (Å²) in [4.78, 5) is 13.6. The highest BCUT2D eigenvalue weighted by Gasteiger charge is 2.30. The van der Waals surface area contributed by atoms with Crippen molar-refractivity contribution in [3.63, 3.8) is 0 Å². The molecule has 3 heteroatoms. The predicted octanol–water partition coefficient (Wildman–Crippen LogP) is 0.217. The van der Waals surface area contributed by atoms with Gasteiger partial charge < -0.3 is 10.2 Å². The first-order valence-corrected chi connectivity index (χ1v) is 4.79. The molecule has 0 unspecified atom stereocenters. The molecule has 1 amide bonds. The average Bonchev–Trinajstić information content (AvgIpc) is 2.83. The predicted molar refractivity (Wildman–Crippen MR) is 46.8 cm³/mol. The molecule has 1 saturated heterocycles. The van der Waals surface area contributed by atoms with Crippen LogP contribution in [0.15, 0.2) is 0 Å². The van der Waals surface area contributed by atoms with Crippen molar-refractivity contribution in [2.45, 2.75) is 25.8 Å². The summed E-state index contributed by atoms with van der Waals surface area (Å²) in [6, 6.07) is 0.0394. The van der Waals surface area contributed by atoms with Gasteiger partial charge in [-0.15, -0.1) is 0 Å². The van der Waals surface area contributed by atoms with Gasteiger partial charge in [0.25, 0.3) is 0 Å². The van der Waals surface area contributed by atoms with Crippen molar-refractivity contribution in [2.24, 2.45) is 5.92 Å². The molecular weight excluding hydrogens is 152 g/mol. The second-order valence-electron chi connectivity index (χ2n) is 3.90. The Morgan fingerprint density at radius 3 is 3.00 bits per heavy atom. The first-order valence-electron chi connectivity index (χ1n) is 4.79. The smallest absolute Gasteiger partial charge is 0.239 e. The highest BCUT2D eigenvalue weighted by atomic mass is 16.2. The molecule has 68 valence electrons. The fourth-order valence-electron chi connectivity index (χ4n) is 1.68. The van der Waals surface area contributed by atoms with Crippen LogP contribution >= 0.6 is 0 Å². The van der Waals surface area contributed by atoms with Crippen molar-refractivity contribution in [3.8, 4) is 0 Å². The number of hydrogen-bond donors (Lipinski definition) is 1. The van der Waals surface area contributed by atoms with Crippen molar-refractivity contribution in [3.05, 3.63) is 0 Å². The third-order valence-electron chi connectivity index (χ3n) is 2.69. The molecule has 0 aromatic heterocycles. The average molecular weight is 168 g/mol. The third-order valence-corrected chi connectivity index (χ3v) is 2.69. The van der Waals surface area contributed by atoms with E-state index in [1.807, 2.05) is 11.8 Å². The Bertz CT molecular complexity index is 189. The number of piperazine rings is 1. The Morgan fingerprint density at radius 2 is 2.33 bits per heavy atom. The van der Waals surface area contributed by atoms with Crippen molar-refractivity contribution in [1.29, 1.82) is 0 Å². The molecule has 1 atom stereocenters. The molecule has 1 aliphatic heterocycles. The zero-order valence-corrected chi connectivity index (χ0v) is 7.55. The van der Waals surface area contributed by atoms with E-state index in [1.165, 1.54) is 12.8 Å². The van der Waals surface area contributed by atoms with Gasteiger partial charge in [0.15, 0.2) is 0 Å². The first-order chi connectivity index (χ1) is 5.77. The van der Waals surface area contributed by atoms with Crippen molar-refractivity contribution >= 4 is 5.91 Å². The monoisotopic (exact) mass is 168 g/mol. The van der Waals surface area contributed by atoms with Gasteiger partial charge in [0.1, 0.15) is 0 Å². The van der Waals surface area contributed by atoms with E-state index in [9.17, 15) is 4.79 Å². The summed E-state index contributed by atoms with van der Waals surface area (Å²) in [5.74, 6) is 1.10. The van der Waals surface area contributed by atoms with Gasteiger partial charge in [0.2, 0.25) is 5.91 Å². The molecule has 0 aromatic carbocycles. The zero-order valence-electron chi connectivity index (χ0n) is 7.55. The van der Waals surface area contributed by atoms with Crippen molar-refractivity contribution in [2.75, 3.05) is 19.6 Å². The van der Waals surface area contributed by atoms with Gasteiger partial charge in [-0.05, 0) is 25.7 Å². The van der Waals surface area contributed by atoms with E-state index < -0.39 is 0 Å². The van der Waals surface area contributed by atoms with E-state index in [0.717, 1.165) is 25.6 Å². The number of carbonyl (C=O) groups is 1. The molecule has 0 spiro atoms. The fraction of sp³-hybridized carbons (Fsp3) is 0.889. The van der Waals surface area contributed by atoms with Gasteiger partial charge >= 0.3 is 0 Å². The largest absolute Gasteiger partial charge is 0.340 e. The molecule has 2 fully saturated rings. The molecular formula is C9H16N2O. The van der Waals surface area contributed by atoms with Crippen LogP contribution < -0.4 is 5.32 Å². The van der Waals surface area contributed by atoms with E-state index in [4.69, 9.17) is 0 Å². The first kappa shape index (κ1) is 8.05. The molecule has 1 saturated carbocycles. The van der Waals surface area contributed by atoms with Gasteiger partial charge in [-0.1, -0.05) is 0 Å². The lowest BCUT2D eigenvalue weighted by Crippen LogP contribution is -2.54. The second kappa shape index (κ2) is 3.05. The maximum absolute atomic E-state index is 11.6. The van der Waals surface area contributed by atoms with Crippen LogP contribution in [-0.4, -0.2) is 36.5 Å². The Morgan fingerprint density at radius 1 is 1.58 bits per heavy atom. The topological polar surface area (TPSA) is 32.3 Å². The molecule has 1 heterocycles. The van der Waals surface area contributed by atoms with Crippen LogP contribution in [-0.2, 0) is 4.79 Å². The SMILES string of the molecule is C[C@@H]1NCCN(CC2CC2)C1=O. The standard InChI is InChI=1S/C9H16N2O/c1-7-9(12)11(5-4-10-7)6-8-2-3-8/h7-8,10H,2-6H2,1H3/t7-/m0/s1. The van der Waals surface area contributed by atoms with Crippen molar-refractivity contribution in [1.82, 2.24) is 10.2 Å². The van der Waals surface area contributed by atoms with E-state index >= 15 is 0 Å². The number of rotatable bonds is 2. The minimum absolute atomic E-state index is 0.0394. The molecule has 0 radical (unpaired) electrons. The molecule has 3 nitrogen and oxygen atoms in total. The molecule has 0 bridgehead atoms. The van der Waals surface area contributed by atoms with Gasteiger partial charge in [-0.3, -0.25) is 4.79 Å². The summed E-state index contributed by atoms with van der Waals surface area (Å²) in [6.07, 6.45) is 2.65. The molecule has 1 aliphatic carbocycles. The number of hydrogen-bond acceptors (Lipinski definition) is 2. The summed E-state index contributed by atoms with van der Waals surface area (Å²) in [5, 5.41) is 3.16. The summed E-state index contributed by atoms with van der Waals surface area (Å²) < 4.78 is 0. The Hall–Kier alpha value is -0.570. The van der Waals surface area contributed by atoms with Crippen LogP contribution in [0.25, 0.3) is 0 Å². The van der Waals surface area contributed by atoms with Crippen LogP contribution in [0.5, 0.6) is 0 Å². The number of nitrogens with zero attached hydrogens (tertiary/aromatic N) is 1. The Kier molecular flexibility index (Phi) is 2.05. The minimum Gasteiger partial charge on any atom is -0.340 e. The van der Waals surface area contributed by atoms with E-state index in [0.29, 0.717) is 0 Å². The number of nitrogens with one attached hydrogen (secondary N) is 1. The minimum atomic E-state index is 0.0394. The van der Waals surface area contributed by atoms with Crippen molar-refractivity contribution < 1.29 is 4.79 Å². The summed E-state index contributed by atoms with van der Waals surface area (Å²) in [6.45, 7) is 4.81. The number of amides is 1. The van der Waals surface area contributed by atoms with Gasteiger partial charge in [-0.2, -0.15) is 0 Å². The lowest BCUT2D eigenvalue weighted by atomic mass is 10.2. The zero-order chi connectivity index (χ0) is 8.55. The molecule has 2 aliphatic rings. The van der Waals surface area contributed by atoms with Crippen LogP contribution in [0, 0.1) is 5.92 Å². The number of carbonyl (C=O) groups excluding carboxylic acids is 1. The van der Waals surface area contributed by atoms with E-state index in [2.05, 4.69) is 5.32 Å². The molecule has 1 N–H and O–H groups in total. The van der Waals surface area contributed by atoms with Crippen LogP contribution in [0.1, 0.15) is 19.8 Å². The highest BCUT2D eigenvalue weighted by Crippen LogP contribution is 2.29. The Labute approximate surface area is 73.1 Å². The molecule has 2 rings (SSSR count). The highest BCUT2D eigenvalue weighted by molar-refractivity contribution is 5.82. The van der Waals surface area contributed by atoms with E-state index in [-0.39, 0.29) is 11.9 Å². The summed E-state index contributed by atoms with van der Waals surface area (Å²) in [7, 11) is 0. The quantitative estimate of drug-likeness (QED) is 0.639. The normalized spacial score (nSPS) is 30.9. The van der Waals surface area contributed by atoms with Gasteiger partial charge in [0.05, 0.1) is 6.04 Å². The van der Waals surface area contributed by atoms with E-state index in [1.54, 1.807) is 0 Å². The van der Waals surface area contributed by atoms with Gasteiger partial charge in [0, 0.05) is 19.6 Å². The van der Waals surface area contributed by atoms with Gasteiger partial charge in [-0.25, -0.2) is 0 Å². The maximum Gasteiger partial charge on any atom is 0.239 e. The Balaban J connectivity index is 1.89. The molecule has 12 heavy (non-hydrogen) atoms. The summed E-state index contributed by atoms with van der Waals surface area (Å²) in [5.41, 5.74) is 0. The second-order valence-corrected chi connectivity index (χ2v) is 3.90. The maximum atomic E-state index is 11.6. The van der Waals surface area contributed by atoms with Crippen LogP contribution in [0.2, 0.25) is 0 Å². The summed E-state index contributed by atoms with van der Waals surface area (Å²) >= 11 is 0. The lowest BCUT2D eigenvalue weighted by molar-refractivity contribution is -0.135.